The van der Waals surface area contributed by atoms with E-state index in [0.717, 1.165) is 38.5 Å². The van der Waals surface area contributed by atoms with Gasteiger partial charge in [0.05, 0.1) is 39.9 Å². The van der Waals surface area contributed by atoms with Crippen molar-refractivity contribution in [3.8, 4) is 0 Å². The standard InChI is InChI=1S/C49H101N2O6P/c1-6-8-10-12-14-16-18-19-20-21-22-23-24-25-26-27-28-29-30-31-32-33-34-36-38-40-42-48(52)47(46-57-58(54,55)56-45-44-51(3,4)5)50-49(53)43-41-39-37-35-17-15-13-11-9-7-2/h47-48,52H,6-46H2,1-5H3,(H-,50,53,54,55). The van der Waals surface area contributed by atoms with Crippen molar-refractivity contribution in [2.75, 3.05) is 40.9 Å². The van der Waals surface area contributed by atoms with Crippen LogP contribution in [0.5, 0.6) is 0 Å². The molecular weight excluding hydrogens is 744 g/mol. The topological polar surface area (TPSA) is 108 Å². The van der Waals surface area contributed by atoms with Gasteiger partial charge in [0.25, 0.3) is 7.82 Å². The lowest BCUT2D eigenvalue weighted by atomic mass is 10.0. The Kier molecular flexibility index (Phi) is 41.5. The molecule has 0 bridgehead atoms. The smallest absolute Gasteiger partial charge is 0.268 e. The predicted molar refractivity (Wildman–Crippen MR) is 247 cm³/mol. The van der Waals surface area contributed by atoms with E-state index < -0.39 is 20.0 Å². The Balaban J connectivity index is 4.06. The van der Waals surface area contributed by atoms with Crippen molar-refractivity contribution in [1.82, 2.24) is 5.32 Å². The summed E-state index contributed by atoms with van der Waals surface area (Å²) in [5, 5.41) is 13.9. The number of aliphatic hydroxyl groups excluding tert-OH is 1. The van der Waals surface area contributed by atoms with Gasteiger partial charge in [-0.2, -0.15) is 0 Å². The number of rotatable bonds is 47. The predicted octanol–water partition coefficient (Wildman–Crippen LogP) is 13.9. The molecule has 0 aliphatic heterocycles. The van der Waals surface area contributed by atoms with Gasteiger partial charge < -0.3 is 28.8 Å². The number of likely N-dealkylation sites (N-methyl/N-ethyl adjacent to an activating group) is 1. The van der Waals surface area contributed by atoms with E-state index in [-0.39, 0.29) is 19.1 Å². The first kappa shape index (κ1) is 57.5. The number of quaternary nitrogens is 1. The molecule has 0 rings (SSSR count). The summed E-state index contributed by atoms with van der Waals surface area (Å²) in [6.45, 7) is 4.73. The summed E-state index contributed by atoms with van der Waals surface area (Å²) in [5.74, 6) is -0.163. The molecule has 8 nitrogen and oxygen atoms in total. The van der Waals surface area contributed by atoms with E-state index in [0.29, 0.717) is 23.9 Å². The van der Waals surface area contributed by atoms with Crippen LogP contribution >= 0.6 is 7.82 Å². The van der Waals surface area contributed by atoms with Crippen LogP contribution in [0.15, 0.2) is 0 Å². The van der Waals surface area contributed by atoms with Crippen LogP contribution in [-0.2, 0) is 18.4 Å². The number of unbranched alkanes of at least 4 members (excludes halogenated alkanes) is 34. The summed E-state index contributed by atoms with van der Waals surface area (Å²) in [5.41, 5.74) is 0. The average Bonchev–Trinajstić information content (AvgIpc) is 3.17. The highest BCUT2D eigenvalue weighted by Gasteiger charge is 2.24. The van der Waals surface area contributed by atoms with Gasteiger partial charge in [-0.3, -0.25) is 9.36 Å². The van der Waals surface area contributed by atoms with Gasteiger partial charge in [0, 0.05) is 6.42 Å². The van der Waals surface area contributed by atoms with Crippen molar-refractivity contribution in [1.29, 1.82) is 0 Å². The summed E-state index contributed by atoms with van der Waals surface area (Å²) in [6.07, 6.45) is 47.0. The fraction of sp³-hybridized carbons (Fsp3) is 0.980. The van der Waals surface area contributed by atoms with Crippen LogP contribution < -0.4 is 10.2 Å². The first-order chi connectivity index (χ1) is 28.0. The third-order valence-corrected chi connectivity index (χ3v) is 12.8. The maximum atomic E-state index is 12.8. The first-order valence-electron chi connectivity index (χ1n) is 25.4. The van der Waals surface area contributed by atoms with E-state index >= 15 is 0 Å². The number of nitrogens with one attached hydrogen (secondary N) is 1. The normalized spacial score (nSPS) is 14.1. The van der Waals surface area contributed by atoms with E-state index in [4.69, 9.17) is 9.05 Å². The van der Waals surface area contributed by atoms with Crippen LogP contribution in [0.25, 0.3) is 0 Å². The van der Waals surface area contributed by atoms with Gasteiger partial charge in [-0.05, 0) is 12.8 Å². The van der Waals surface area contributed by atoms with Crippen LogP contribution in [-0.4, -0.2) is 68.5 Å². The maximum Gasteiger partial charge on any atom is 0.268 e. The van der Waals surface area contributed by atoms with E-state index in [1.807, 2.05) is 21.1 Å². The van der Waals surface area contributed by atoms with E-state index in [9.17, 15) is 19.4 Å². The minimum atomic E-state index is -4.56. The van der Waals surface area contributed by atoms with Crippen LogP contribution in [0.1, 0.15) is 258 Å². The Morgan fingerprint density at radius 1 is 0.534 bits per heavy atom. The molecule has 0 heterocycles. The summed E-state index contributed by atoms with van der Waals surface area (Å²) >= 11 is 0. The summed E-state index contributed by atoms with van der Waals surface area (Å²) in [7, 11) is 1.32. The zero-order chi connectivity index (χ0) is 42.8. The van der Waals surface area contributed by atoms with E-state index in [1.165, 1.54) is 193 Å². The monoisotopic (exact) mass is 845 g/mol. The second-order valence-corrected chi connectivity index (χ2v) is 20.3. The summed E-state index contributed by atoms with van der Waals surface area (Å²) < 4.78 is 23.3. The SMILES string of the molecule is CCCCCCCCCCCCCCCCCCCCCCCCCCCCC(O)C(COP(=O)([O-])OCC[N+](C)(C)C)NC(=O)CCCCCCCCCCCC. The number of amides is 1. The molecule has 9 heteroatoms. The number of hydrogen-bond acceptors (Lipinski definition) is 6. The minimum Gasteiger partial charge on any atom is -0.756 e. The Morgan fingerprint density at radius 3 is 1.17 bits per heavy atom. The zero-order valence-electron chi connectivity index (χ0n) is 39.5. The van der Waals surface area contributed by atoms with Gasteiger partial charge in [-0.15, -0.1) is 0 Å². The second-order valence-electron chi connectivity index (χ2n) is 18.9. The van der Waals surface area contributed by atoms with Crippen molar-refractivity contribution < 1.29 is 32.9 Å². The third-order valence-electron chi connectivity index (χ3n) is 11.8. The number of carbonyl (C=O) groups is 1. The molecule has 1 amide bonds. The average molecular weight is 845 g/mol. The molecule has 0 fully saturated rings. The van der Waals surface area contributed by atoms with Crippen LogP contribution in [0.3, 0.4) is 0 Å². The van der Waals surface area contributed by atoms with Crippen molar-refractivity contribution in [3.63, 3.8) is 0 Å². The lowest BCUT2D eigenvalue weighted by Gasteiger charge is -2.30. The minimum absolute atomic E-state index is 0.0161. The summed E-state index contributed by atoms with van der Waals surface area (Å²) in [6, 6.07) is -0.792. The highest BCUT2D eigenvalue weighted by Crippen LogP contribution is 2.38. The number of phosphoric acid groups is 1. The molecule has 0 aliphatic rings. The second kappa shape index (κ2) is 41.8. The number of aliphatic hydroxyl groups is 1. The first-order valence-corrected chi connectivity index (χ1v) is 26.8. The lowest BCUT2D eigenvalue weighted by Crippen LogP contribution is -2.46. The Hall–Kier alpha value is -0.500. The molecular formula is C49H101N2O6P. The Labute approximate surface area is 361 Å². The van der Waals surface area contributed by atoms with Gasteiger partial charge in [0.1, 0.15) is 13.2 Å². The van der Waals surface area contributed by atoms with Crippen molar-refractivity contribution in [2.45, 2.75) is 270 Å². The molecule has 0 aromatic heterocycles. The van der Waals surface area contributed by atoms with Crippen LogP contribution in [0, 0.1) is 0 Å². The highest BCUT2D eigenvalue weighted by atomic mass is 31.2. The van der Waals surface area contributed by atoms with Gasteiger partial charge in [0.2, 0.25) is 5.91 Å². The fourth-order valence-corrected chi connectivity index (χ4v) is 8.53. The van der Waals surface area contributed by atoms with Crippen LogP contribution in [0.2, 0.25) is 0 Å². The molecule has 3 unspecified atom stereocenters. The van der Waals surface area contributed by atoms with Crippen molar-refractivity contribution >= 4 is 13.7 Å². The maximum absolute atomic E-state index is 12.8. The lowest BCUT2D eigenvalue weighted by molar-refractivity contribution is -0.870. The molecule has 0 aromatic carbocycles. The molecule has 3 atom stereocenters. The molecule has 0 spiro atoms. The molecule has 2 N–H and O–H groups in total. The molecule has 0 radical (unpaired) electrons. The van der Waals surface area contributed by atoms with E-state index in [1.54, 1.807) is 0 Å². The van der Waals surface area contributed by atoms with Crippen molar-refractivity contribution in [3.05, 3.63) is 0 Å². The molecule has 0 aliphatic carbocycles. The molecule has 0 aromatic rings. The fourth-order valence-electron chi connectivity index (χ4n) is 7.81. The molecule has 0 saturated carbocycles. The van der Waals surface area contributed by atoms with Crippen LogP contribution in [0.4, 0.5) is 0 Å². The van der Waals surface area contributed by atoms with E-state index in [2.05, 4.69) is 19.2 Å². The van der Waals surface area contributed by atoms with Gasteiger partial charge >= 0.3 is 0 Å². The Bertz CT molecular complexity index is 916. The number of carbonyl (C=O) groups excluding carboxylic acids is 1. The van der Waals surface area contributed by atoms with Crippen molar-refractivity contribution in [2.24, 2.45) is 0 Å². The number of hydrogen-bond donors (Lipinski definition) is 2. The molecule has 348 valence electrons. The molecule has 58 heavy (non-hydrogen) atoms. The number of phosphoric ester groups is 1. The quantitative estimate of drug-likeness (QED) is 0.0359. The van der Waals surface area contributed by atoms with Gasteiger partial charge in [-0.25, -0.2) is 0 Å². The van der Waals surface area contributed by atoms with Gasteiger partial charge in [0.15, 0.2) is 0 Å². The summed E-state index contributed by atoms with van der Waals surface area (Å²) in [4.78, 5) is 25.3. The number of nitrogens with zero attached hydrogens (tertiary/aromatic N) is 1. The highest BCUT2D eigenvalue weighted by molar-refractivity contribution is 7.45. The largest absolute Gasteiger partial charge is 0.756 e. The molecule has 0 saturated heterocycles. The third kappa shape index (κ3) is 43.6. The Morgan fingerprint density at radius 2 is 0.845 bits per heavy atom. The zero-order valence-corrected chi connectivity index (χ0v) is 40.4. The van der Waals surface area contributed by atoms with Gasteiger partial charge in [-0.1, -0.05) is 239 Å².